The molecule has 8 heteroatoms. The van der Waals surface area contributed by atoms with Crippen LogP contribution >= 0.6 is 0 Å². The number of nitrogens with one attached hydrogen (secondary N) is 1. The number of amides is 1. The first-order valence-corrected chi connectivity index (χ1v) is 7.02. The van der Waals surface area contributed by atoms with Crippen molar-refractivity contribution in [1.29, 1.82) is 0 Å². The third-order valence-electron chi connectivity index (χ3n) is 3.58. The smallest absolute Gasteiger partial charge is 0.273 e. The van der Waals surface area contributed by atoms with Crippen LogP contribution in [0.3, 0.4) is 0 Å². The van der Waals surface area contributed by atoms with E-state index < -0.39 is 17.6 Å². The fraction of sp³-hybridized carbons (Fsp3) is 0.188. The number of hydrogen-bond donors (Lipinski definition) is 1. The van der Waals surface area contributed by atoms with E-state index in [9.17, 15) is 22.4 Å². The Hall–Kier alpha value is -2.77. The maximum absolute atomic E-state index is 14.3. The van der Waals surface area contributed by atoms with Crippen LogP contribution in [0.1, 0.15) is 24.0 Å². The monoisotopic (exact) mass is 337 g/mol. The summed E-state index contributed by atoms with van der Waals surface area (Å²) in [5, 5.41) is 3.86. The summed E-state index contributed by atoms with van der Waals surface area (Å²) in [6.45, 7) is 0. The average Bonchev–Trinajstić information content (AvgIpc) is 2.55. The summed E-state index contributed by atoms with van der Waals surface area (Å²) in [6, 6.07) is 4.96. The van der Waals surface area contributed by atoms with E-state index in [4.69, 9.17) is 0 Å². The average molecular weight is 337 g/mol. The van der Waals surface area contributed by atoms with Crippen LogP contribution in [0.25, 0.3) is 11.1 Å². The Morgan fingerprint density at radius 1 is 1.04 bits per heavy atom. The van der Waals surface area contributed by atoms with Crippen LogP contribution in [0.5, 0.6) is 0 Å². The van der Waals surface area contributed by atoms with Gasteiger partial charge >= 0.3 is 6.18 Å². The molecule has 3 rings (SSSR count). The van der Waals surface area contributed by atoms with E-state index in [0.717, 1.165) is 6.07 Å². The summed E-state index contributed by atoms with van der Waals surface area (Å²) < 4.78 is 52.6. The van der Waals surface area contributed by atoms with Crippen molar-refractivity contribution in [2.75, 3.05) is 0 Å². The minimum Gasteiger partial charge on any atom is -0.273 e. The van der Waals surface area contributed by atoms with Crippen molar-refractivity contribution in [3.63, 3.8) is 0 Å². The first-order valence-electron chi connectivity index (χ1n) is 7.02. The highest BCUT2D eigenvalue weighted by Gasteiger charge is 2.31. The lowest BCUT2D eigenvalue weighted by Gasteiger charge is -2.13. The zero-order valence-electron chi connectivity index (χ0n) is 12.2. The Kier molecular flexibility index (Phi) is 4.04. The molecule has 1 aromatic heterocycles. The number of alkyl halides is 3. The van der Waals surface area contributed by atoms with Crippen molar-refractivity contribution in [2.24, 2.45) is 5.10 Å². The molecule has 2 aromatic rings. The lowest BCUT2D eigenvalue weighted by molar-refractivity contribution is -0.137. The topological polar surface area (TPSA) is 54.4 Å². The Morgan fingerprint density at radius 2 is 1.83 bits per heavy atom. The van der Waals surface area contributed by atoms with Crippen LogP contribution < -0.4 is 5.43 Å². The Balaban J connectivity index is 1.95. The van der Waals surface area contributed by atoms with Crippen molar-refractivity contribution in [1.82, 2.24) is 10.4 Å². The molecule has 0 radical (unpaired) electrons. The second kappa shape index (κ2) is 6.03. The molecule has 0 saturated heterocycles. The molecule has 1 aliphatic heterocycles. The van der Waals surface area contributed by atoms with E-state index in [-0.39, 0.29) is 23.5 Å². The number of carbonyl (C=O) groups excluding carboxylic acids is 1. The van der Waals surface area contributed by atoms with Crippen LogP contribution in [0.15, 0.2) is 41.8 Å². The van der Waals surface area contributed by atoms with Gasteiger partial charge in [-0.3, -0.25) is 9.78 Å². The third-order valence-corrected chi connectivity index (χ3v) is 3.58. The highest BCUT2D eigenvalue weighted by atomic mass is 19.4. The number of nitrogens with zero attached hydrogens (tertiary/aromatic N) is 2. The van der Waals surface area contributed by atoms with E-state index in [1.807, 2.05) is 0 Å². The zero-order chi connectivity index (χ0) is 17.3. The van der Waals surface area contributed by atoms with Crippen molar-refractivity contribution >= 4 is 11.6 Å². The minimum absolute atomic E-state index is 0.0118. The van der Waals surface area contributed by atoms with E-state index in [0.29, 0.717) is 23.9 Å². The van der Waals surface area contributed by atoms with Crippen molar-refractivity contribution < 1.29 is 22.4 Å². The van der Waals surface area contributed by atoms with Gasteiger partial charge in [0.1, 0.15) is 5.82 Å². The predicted molar refractivity (Wildman–Crippen MR) is 78.5 cm³/mol. The van der Waals surface area contributed by atoms with Gasteiger partial charge in [-0.15, -0.1) is 0 Å². The van der Waals surface area contributed by atoms with Gasteiger partial charge in [0.05, 0.1) is 11.3 Å². The van der Waals surface area contributed by atoms with Gasteiger partial charge in [-0.2, -0.15) is 18.3 Å². The fourth-order valence-corrected chi connectivity index (χ4v) is 2.35. The molecule has 1 aliphatic rings. The van der Waals surface area contributed by atoms with Gasteiger partial charge in [-0.25, -0.2) is 9.82 Å². The number of aromatic nitrogens is 1. The Morgan fingerprint density at radius 3 is 2.46 bits per heavy atom. The Bertz CT molecular complexity index is 830. The standard InChI is InChI=1S/C16H11F4N3O/c17-13-6-9(14-3-4-15(24)23-22-14)1-2-12(13)10-5-11(8-21-7-10)16(18,19)20/h1-2,5-8H,3-4H2,(H,23,24). The summed E-state index contributed by atoms with van der Waals surface area (Å²) in [7, 11) is 0. The van der Waals surface area contributed by atoms with Gasteiger partial charge in [-0.1, -0.05) is 12.1 Å². The van der Waals surface area contributed by atoms with Crippen molar-refractivity contribution in [3.05, 3.63) is 53.6 Å². The van der Waals surface area contributed by atoms with Gasteiger partial charge in [0.15, 0.2) is 0 Å². The molecule has 0 fully saturated rings. The minimum atomic E-state index is -4.55. The number of carbonyl (C=O) groups is 1. The molecule has 1 aromatic carbocycles. The normalized spacial score (nSPS) is 15.0. The second-order valence-electron chi connectivity index (χ2n) is 5.25. The molecule has 124 valence electrons. The first kappa shape index (κ1) is 16.1. The molecule has 0 bridgehead atoms. The fourth-order valence-electron chi connectivity index (χ4n) is 2.35. The summed E-state index contributed by atoms with van der Waals surface area (Å²) in [4.78, 5) is 14.6. The SMILES string of the molecule is O=C1CCC(c2ccc(-c3cncc(C(F)(F)F)c3)c(F)c2)=NN1. The molecule has 4 nitrogen and oxygen atoms in total. The lowest BCUT2D eigenvalue weighted by atomic mass is 9.99. The summed E-state index contributed by atoms with van der Waals surface area (Å²) in [5.41, 5.74) is 2.40. The first-order chi connectivity index (χ1) is 11.3. The molecule has 0 unspecified atom stereocenters. The highest BCUT2D eigenvalue weighted by Crippen LogP contribution is 2.32. The molecule has 2 heterocycles. The van der Waals surface area contributed by atoms with Gasteiger partial charge in [0.25, 0.3) is 0 Å². The maximum atomic E-state index is 14.3. The van der Waals surface area contributed by atoms with Crippen LogP contribution in [0, 0.1) is 5.82 Å². The van der Waals surface area contributed by atoms with Gasteiger partial charge in [0, 0.05) is 41.9 Å². The van der Waals surface area contributed by atoms with Gasteiger partial charge < -0.3 is 0 Å². The third kappa shape index (κ3) is 3.27. The molecule has 0 atom stereocenters. The molecule has 1 amide bonds. The predicted octanol–water partition coefficient (Wildman–Crippen LogP) is 3.52. The number of benzene rings is 1. The number of pyridine rings is 1. The summed E-state index contributed by atoms with van der Waals surface area (Å²) >= 11 is 0. The molecular weight excluding hydrogens is 326 g/mol. The van der Waals surface area contributed by atoms with E-state index >= 15 is 0 Å². The number of halogens is 4. The molecule has 0 saturated carbocycles. The second-order valence-corrected chi connectivity index (χ2v) is 5.25. The molecule has 1 N–H and O–H groups in total. The van der Waals surface area contributed by atoms with Crippen molar-refractivity contribution in [2.45, 2.75) is 19.0 Å². The molecule has 0 spiro atoms. The van der Waals surface area contributed by atoms with E-state index in [2.05, 4.69) is 15.5 Å². The molecular formula is C16H11F4N3O. The largest absolute Gasteiger partial charge is 0.417 e. The van der Waals surface area contributed by atoms with Crippen molar-refractivity contribution in [3.8, 4) is 11.1 Å². The van der Waals surface area contributed by atoms with Gasteiger partial charge in [0.2, 0.25) is 5.91 Å². The van der Waals surface area contributed by atoms with Gasteiger partial charge in [-0.05, 0) is 12.1 Å². The summed E-state index contributed by atoms with van der Waals surface area (Å²) in [5.74, 6) is -0.904. The van der Waals surface area contributed by atoms with E-state index in [1.165, 1.54) is 18.3 Å². The number of rotatable bonds is 2. The maximum Gasteiger partial charge on any atom is 0.417 e. The number of hydrogen-bond acceptors (Lipinski definition) is 3. The van der Waals surface area contributed by atoms with Crippen LogP contribution in [-0.2, 0) is 11.0 Å². The van der Waals surface area contributed by atoms with E-state index in [1.54, 1.807) is 6.07 Å². The molecule has 24 heavy (non-hydrogen) atoms. The lowest BCUT2D eigenvalue weighted by Crippen LogP contribution is -2.25. The zero-order valence-corrected chi connectivity index (χ0v) is 12.2. The number of hydrazone groups is 1. The quantitative estimate of drug-likeness (QED) is 0.853. The molecule has 0 aliphatic carbocycles. The van der Waals surface area contributed by atoms with Crippen LogP contribution in [0.4, 0.5) is 17.6 Å². The van der Waals surface area contributed by atoms with Crippen LogP contribution in [0.2, 0.25) is 0 Å². The van der Waals surface area contributed by atoms with Crippen LogP contribution in [-0.4, -0.2) is 16.6 Å². The summed E-state index contributed by atoms with van der Waals surface area (Å²) in [6.07, 6.45) is -2.06. The Labute approximate surface area is 134 Å². The highest BCUT2D eigenvalue weighted by molar-refractivity contribution is 6.04.